The smallest absolute Gasteiger partial charge is 0.265 e. The first-order valence-electron chi connectivity index (χ1n) is 9.48. The molecule has 1 aromatic heterocycles. The van der Waals surface area contributed by atoms with Crippen LogP contribution in [0, 0.1) is 12.7 Å². The Labute approximate surface area is 177 Å². The number of hydrogen-bond donors (Lipinski definition) is 0. The number of carbonyl (C=O) groups excluding carboxylic acids is 1. The van der Waals surface area contributed by atoms with Crippen LogP contribution in [0.1, 0.15) is 20.4 Å². The number of amides is 1. The Hall–Kier alpha value is -3.13. The SMILES string of the molecule is Cc1nc(COc2ccc(F)cc2)sc1C(=O)N(C)C[C@H]1COc2ccccc2O1. The second-order valence-electron chi connectivity index (χ2n) is 6.95. The van der Waals surface area contributed by atoms with Crippen LogP contribution in [0.2, 0.25) is 0 Å². The van der Waals surface area contributed by atoms with Gasteiger partial charge in [-0.1, -0.05) is 12.1 Å². The number of rotatable bonds is 6. The monoisotopic (exact) mass is 428 g/mol. The lowest BCUT2D eigenvalue weighted by Gasteiger charge is -2.29. The average Bonchev–Trinajstić information content (AvgIpc) is 3.13. The van der Waals surface area contributed by atoms with Gasteiger partial charge < -0.3 is 19.1 Å². The third-order valence-corrected chi connectivity index (χ3v) is 5.72. The summed E-state index contributed by atoms with van der Waals surface area (Å²) < 4.78 is 30.3. The number of nitrogens with zero attached hydrogens (tertiary/aromatic N) is 2. The molecule has 4 rings (SSSR count). The number of aromatic nitrogens is 1. The molecule has 2 heterocycles. The minimum atomic E-state index is -0.320. The quantitative estimate of drug-likeness (QED) is 0.592. The third kappa shape index (κ3) is 4.54. The molecule has 0 saturated carbocycles. The number of carbonyl (C=O) groups is 1. The summed E-state index contributed by atoms with van der Waals surface area (Å²) in [6, 6.07) is 13.3. The topological polar surface area (TPSA) is 60.9 Å². The van der Waals surface area contributed by atoms with E-state index in [4.69, 9.17) is 14.2 Å². The van der Waals surface area contributed by atoms with Crippen molar-refractivity contribution < 1.29 is 23.4 Å². The number of para-hydroxylation sites is 2. The molecule has 6 nitrogen and oxygen atoms in total. The predicted molar refractivity (Wildman–Crippen MR) is 111 cm³/mol. The minimum absolute atomic E-state index is 0.125. The molecular formula is C22H21FN2O4S. The first-order valence-corrected chi connectivity index (χ1v) is 10.3. The lowest BCUT2D eigenvalue weighted by atomic mass is 10.2. The van der Waals surface area contributed by atoms with Crippen LogP contribution in [-0.4, -0.2) is 42.1 Å². The summed E-state index contributed by atoms with van der Waals surface area (Å²) >= 11 is 1.30. The lowest BCUT2D eigenvalue weighted by Crippen LogP contribution is -2.41. The molecule has 0 bridgehead atoms. The number of fused-ring (bicyclic) bond motifs is 1. The molecule has 0 aliphatic carbocycles. The van der Waals surface area contributed by atoms with Gasteiger partial charge in [-0.25, -0.2) is 9.37 Å². The van der Waals surface area contributed by atoms with Crippen LogP contribution in [0.5, 0.6) is 17.2 Å². The number of hydrogen-bond acceptors (Lipinski definition) is 6. The van der Waals surface area contributed by atoms with E-state index in [9.17, 15) is 9.18 Å². The van der Waals surface area contributed by atoms with E-state index in [1.54, 1.807) is 31.0 Å². The molecular weight excluding hydrogens is 407 g/mol. The number of aryl methyl sites for hydroxylation is 1. The molecule has 156 valence electrons. The molecule has 3 aromatic rings. The van der Waals surface area contributed by atoms with Gasteiger partial charge in [-0.3, -0.25) is 4.79 Å². The van der Waals surface area contributed by atoms with E-state index in [1.165, 1.54) is 23.5 Å². The summed E-state index contributed by atoms with van der Waals surface area (Å²) in [5.41, 5.74) is 0.653. The van der Waals surface area contributed by atoms with Gasteiger partial charge in [0.2, 0.25) is 0 Å². The second-order valence-corrected chi connectivity index (χ2v) is 8.03. The zero-order valence-electron chi connectivity index (χ0n) is 16.6. The molecule has 1 aliphatic rings. The van der Waals surface area contributed by atoms with Gasteiger partial charge in [-0.05, 0) is 43.3 Å². The van der Waals surface area contributed by atoms with Crippen molar-refractivity contribution in [3.8, 4) is 17.2 Å². The van der Waals surface area contributed by atoms with Crippen molar-refractivity contribution in [2.75, 3.05) is 20.2 Å². The number of ether oxygens (including phenoxy) is 3. The van der Waals surface area contributed by atoms with Crippen molar-refractivity contribution in [1.29, 1.82) is 0 Å². The molecule has 0 radical (unpaired) electrons. The Morgan fingerprint density at radius 3 is 2.73 bits per heavy atom. The van der Waals surface area contributed by atoms with E-state index in [2.05, 4.69) is 4.98 Å². The van der Waals surface area contributed by atoms with Crippen LogP contribution < -0.4 is 14.2 Å². The minimum Gasteiger partial charge on any atom is -0.486 e. The van der Waals surface area contributed by atoms with Gasteiger partial charge in [-0.15, -0.1) is 11.3 Å². The van der Waals surface area contributed by atoms with Crippen molar-refractivity contribution in [3.63, 3.8) is 0 Å². The van der Waals surface area contributed by atoms with Crippen molar-refractivity contribution in [1.82, 2.24) is 9.88 Å². The number of halogens is 1. The Kier molecular flexibility index (Phi) is 5.85. The maximum absolute atomic E-state index is 13.0. The highest BCUT2D eigenvalue weighted by molar-refractivity contribution is 7.13. The van der Waals surface area contributed by atoms with Gasteiger partial charge in [0.15, 0.2) is 17.6 Å². The molecule has 30 heavy (non-hydrogen) atoms. The van der Waals surface area contributed by atoms with Crippen LogP contribution >= 0.6 is 11.3 Å². The fourth-order valence-corrected chi connectivity index (χ4v) is 4.08. The highest BCUT2D eigenvalue weighted by atomic mass is 32.1. The second kappa shape index (κ2) is 8.71. The summed E-state index contributed by atoms with van der Waals surface area (Å²) in [5.74, 6) is 1.50. The fraction of sp³-hybridized carbons (Fsp3) is 0.273. The van der Waals surface area contributed by atoms with Crippen LogP contribution in [0.3, 0.4) is 0 Å². The third-order valence-electron chi connectivity index (χ3n) is 4.60. The number of likely N-dealkylation sites (N-methyl/N-ethyl adjacent to an activating group) is 1. The Balaban J connectivity index is 1.36. The molecule has 1 amide bonds. The average molecular weight is 428 g/mol. The van der Waals surface area contributed by atoms with Crippen molar-refractivity contribution >= 4 is 17.2 Å². The summed E-state index contributed by atoms with van der Waals surface area (Å²) in [5, 5.41) is 0.680. The largest absolute Gasteiger partial charge is 0.486 e. The molecule has 0 unspecified atom stereocenters. The van der Waals surface area contributed by atoms with E-state index in [0.717, 1.165) is 0 Å². The van der Waals surface area contributed by atoms with E-state index < -0.39 is 0 Å². The zero-order chi connectivity index (χ0) is 21.1. The summed E-state index contributed by atoms with van der Waals surface area (Å²) in [6.07, 6.45) is -0.247. The van der Waals surface area contributed by atoms with Gasteiger partial charge in [0.1, 0.15) is 34.7 Å². The van der Waals surface area contributed by atoms with Gasteiger partial charge in [-0.2, -0.15) is 0 Å². The molecule has 0 N–H and O–H groups in total. The number of thiazole rings is 1. The summed E-state index contributed by atoms with van der Waals surface area (Å²) in [6.45, 7) is 2.79. The van der Waals surface area contributed by atoms with Gasteiger partial charge in [0, 0.05) is 7.05 Å². The molecule has 1 atom stereocenters. The maximum Gasteiger partial charge on any atom is 0.265 e. The van der Waals surface area contributed by atoms with E-state index >= 15 is 0 Å². The molecule has 2 aromatic carbocycles. The van der Waals surface area contributed by atoms with Crippen LogP contribution in [0.4, 0.5) is 4.39 Å². The van der Waals surface area contributed by atoms with E-state index in [-0.39, 0.29) is 24.4 Å². The summed E-state index contributed by atoms with van der Waals surface area (Å²) in [4.78, 5) is 19.5. The molecule has 8 heteroatoms. The highest BCUT2D eigenvalue weighted by Crippen LogP contribution is 2.31. The van der Waals surface area contributed by atoms with Crippen LogP contribution in [0.15, 0.2) is 48.5 Å². The molecule has 1 aliphatic heterocycles. The Morgan fingerprint density at radius 2 is 1.97 bits per heavy atom. The summed E-state index contributed by atoms with van der Waals surface area (Å²) in [7, 11) is 1.74. The first-order chi connectivity index (χ1) is 14.5. The first kappa shape index (κ1) is 20.2. The standard InChI is InChI=1S/C22H21FN2O4S/c1-14-21(30-20(24-14)13-27-16-9-7-15(23)8-10-16)22(26)25(2)11-17-12-28-18-5-3-4-6-19(18)29-17/h3-10,17H,11-13H2,1-2H3/t17-/m0/s1. The van der Waals surface area contributed by atoms with Crippen molar-refractivity contribution in [2.45, 2.75) is 19.6 Å². The number of benzene rings is 2. The van der Waals surface area contributed by atoms with Gasteiger partial charge >= 0.3 is 0 Å². The predicted octanol–water partition coefficient (Wildman–Crippen LogP) is 4.08. The maximum atomic E-state index is 13.0. The molecule has 0 saturated heterocycles. The Bertz CT molecular complexity index is 1040. The Morgan fingerprint density at radius 1 is 1.23 bits per heavy atom. The van der Waals surface area contributed by atoms with Gasteiger partial charge in [0.05, 0.1) is 12.2 Å². The van der Waals surface area contributed by atoms with Crippen molar-refractivity contribution in [3.05, 3.63) is 69.9 Å². The zero-order valence-corrected chi connectivity index (χ0v) is 17.4. The van der Waals surface area contributed by atoms with Crippen LogP contribution in [0.25, 0.3) is 0 Å². The lowest BCUT2D eigenvalue weighted by molar-refractivity contribution is 0.0523. The van der Waals surface area contributed by atoms with Crippen molar-refractivity contribution in [2.24, 2.45) is 0 Å². The van der Waals surface area contributed by atoms with Crippen LogP contribution in [-0.2, 0) is 6.61 Å². The van der Waals surface area contributed by atoms with E-state index in [1.807, 2.05) is 24.3 Å². The van der Waals surface area contributed by atoms with E-state index in [0.29, 0.717) is 46.0 Å². The fourth-order valence-electron chi connectivity index (χ4n) is 3.10. The molecule has 0 spiro atoms. The normalized spacial score (nSPS) is 15.0. The highest BCUT2D eigenvalue weighted by Gasteiger charge is 2.26. The molecule has 0 fully saturated rings. The van der Waals surface area contributed by atoms with Gasteiger partial charge in [0.25, 0.3) is 5.91 Å².